The van der Waals surface area contributed by atoms with Crippen LogP contribution in [0.1, 0.15) is 0 Å². The largest absolute Gasteiger partial charge is 0.345 e. The van der Waals surface area contributed by atoms with Gasteiger partial charge in [-0.25, -0.2) is 4.98 Å². The first-order valence-corrected chi connectivity index (χ1v) is 6.62. The number of nitrogens with zero attached hydrogens (tertiary/aromatic N) is 1. The van der Waals surface area contributed by atoms with E-state index in [9.17, 15) is 0 Å². The number of hydrogen-bond donors (Lipinski definition) is 1. The highest BCUT2D eigenvalue weighted by Gasteiger charge is 1.88. The number of aromatic nitrogens is 2. The van der Waals surface area contributed by atoms with Crippen molar-refractivity contribution >= 4 is 32.5 Å². The predicted octanol–water partition coefficient (Wildman–Crippen LogP) is 4.46. The monoisotopic (exact) mass is 252 g/mol. The first-order valence-electron chi connectivity index (χ1n) is 5.74. The van der Waals surface area contributed by atoms with Gasteiger partial charge in [-0.2, -0.15) is 0 Å². The van der Waals surface area contributed by atoms with E-state index in [0.717, 1.165) is 11.0 Å². The molecule has 0 saturated carbocycles. The van der Waals surface area contributed by atoms with E-state index in [1.54, 1.807) is 17.7 Å². The number of fused-ring (bicyclic) bond motifs is 2. The molecule has 0 aliphatic rings. The minimum Gasteiger partial charge on any atom is -0.345 e. The number of rotatable bonds is 0. The highest BCUT2D eigenvalue weighted by atomic mass is 32.1. The van der Waals surface area contributed by atoms with Gasteiger partial charge >= 0.3 is 0 Å². The number of aromatic amines is 1. The first kappa shape index (κ1) is 11.0. The van der Waals surface area contributed by atoms with Crippen LogP contribution in [0.4, 0.5) is 0 Å². The lowest BCUT2D eigenvalue weighted by atomic mass is 10.3. The Hall–Kier alpha value is -2.13. The topological polar surface area (TPSA) is 28.7 Å². The van der Waals surface area contributed by atoms with Crippen LogP contribution in [0.25, 0.3) is 21.1 Å². The van der Waals surface area contributed by atoms with E-state index < -0.39 is 0 Å². The summed E-state index contributed by atoms with van der Waals surface area (Å²) in [7, 11) is 0. The first-order chi connectivity index (χ1) is 8.93. The Labute approximate surface area is 109 Å². The molecular formula is C15H12N2S. The van der Waals surface area contributed by atoms with E-state index in [4.69, 9.17) is 0 Å². The molecule has 0 aliphatic carbocycles. The van der Waals surface area contributed by atoms with Crippen molar-refractivity contribution in [3.8, 4) is 0 Å². The second-order valence-corrected chi connectivity index (χ2v) is 4.83. The summed E-state index contributed by atoms with van der Waals surface area (Å²) in [6, 6.07) is 18.5. The van der Waals surface area contributed by atoms with E-state index in [0.29, 0.717) is 0 Å². The zero-order chi connectivity index (χ0) is 12.2. The lowest BCUT2D eigenvalue weighted by molar-refractivity contribution is 1.34. The average Bonchev–Trinajstić information content (AvgIpc) is 3.08. The van der Waals surface area contributed by atoms with Crippen LogP contribution < -0.4 is 0 Å². The molecule has 1 N–H and O–H groups in total. The summed E-state index contributed by atoms with van der Waals surface area (Å²) in [6.45, 7) is 0. The number of hydrogen-bond acceptors (Lipinski definition) is 2. The Balaban J connectivity index is 0.000000111. The molecule has 4 rings (SSSR count). The van der Waals surface area contributed by atoms with Gasteiger partial charge in [0.15, 0.2) is 0 Å². The van der Waals surface area contributed by atoms with Crippen molar-refractivity contribution in [3.63, 3.8) is 0 Å². The van der Waals surface area contributed by atoms with Gasteiger partial charge in [-0.05, 0) is 35.0 Å². The zero-order valence-corrected chi connectivity index (χ0v) is 10.5. The van der Waals surface area contributed by atoms with Crippen LogP contribution in [-0.4, -0.2) is 9.97 Å². The van der Waals surface area contributed by atoms with E-state index in [1.807, 2.05) is 24.3 Å². The van der Waals surface area contributed by atoms with Crippen LogP contribution in [0, 0.1) is 0 Å². The Kier molecular flexibility index (Phi) is 3.07. The van der Waals surface area contributed by atoms with E-state index >= 15 is 0 Å². The standard InChI is InChI=1S/C8H6S.C7H6N2/c1-2-4-8-7(3-1)5-6-9-8;1-2-4-7-6(3-1)8-5-9-7/h1-6H;1-5H,(H,8,9). The van der Waals surface area contributed by atoms with Gasteiger partial charge in [0.2, 0.25) is 0 Å². The maximum atomic E-state index is 4.06. The molecule has 0 unspecified atom stereocenters. The van der Waals surface area contributed by atoms with Gasteiger partial charge in [0.05, 0.1) is 17.4 Å². The quantitative estimate of drug-likeness (QED) is 0.491. The SMILES string of the molecule is c1ccc2[nH]cnc2c1.c1ccc2sccc2c1. The van der Waals surface area contributed by atoms with E-state index in [-0.39, 0.29) is 0 Å². The lowest BCUT2D eigenvalue weighted by Gasteiger charge is -1.82. The zero-order valence-electron chi connectivity index (χ0n) is 9.71. The second kappa shape index (κ2) is 5.02. The highest BCUT2D eigenvalue weighted by Crippen LogP contribution is 2.18. The third kappa shape index (κ3) is 2.26. The van der Waals surface area contributed by atoms with Crippen molar-refractivity contribution in [2.24, 2.45) is 0 Å². The van der Waals surface area contributed by atoms with Gasteiger partial charge in [-0.1, -0.05) is 30.3 Å². The van der Waals surface area contributed by atoms with Crippen LogP contribution in [0.3, 0.4) is 0 Å². The lowest BCUT2D eigenvalue weighted by Crippen LogP contribution is -1.63. The summed E-state index contributed by atoms with van der Waals surface area (Å²) in [5.74, 6) is 0. The minimum absolute atomic E-state index is 1.03. The molecule has 4 aromatic rings. The fourth-order valence-electron chi connectivity index (χ4n) is 1.79. The van der Waals surface area contributed by atoms with Crippen molar-refractivity contribution in [1.82, 2.24) is 9.97 Å². The maximum absolute atomic E-state index is 4.06. The number of imidazole rings is 1. The number of H-pyrrole nitrogens is 1. The van der Waals surface area contributed by atoms with E-state index in [2.05, 4.69) is 45.7 Å². The fraction of sp³-hybridized carbons (Fsp3) is 0. The summed E-state index contributed by atoms with van der Waals surface area (Å²) in [5.41, 5.74) is 2.12. The molecule has 0 spiro atoms. The van der Waals surface area contributed by atoms with Crippen LogP contribution in [0.15, 0.2) is 66.3 Å². The molecule has 2 heterocycles. The van der Waals surface area contributed by atoms with Gasteiger partial charge < -0.3 is 4.98 Å². The number of thiophene rings is 1. The molecule has 2 nitrogen and oxygen atoms in total. The molecule has 0 fully saturated rings. The molecule has 18 heavy (non-hydrogen) atoms. The van der Waals surface area contributed by atoms with Gasteiger partial charge in [0.25, 0.3) is 0 Å². The van der Waals surface area contributed by atoms with Crippen molar-refractivity contribution < 1.29 is 0 Å². The average molecular weight is 252 g/mol. The van der Waals surface area contributed by atoms with Gasteiger partial charge in [0.1, 0.15) is 0 Å². The molecule has 88 valence electrons. The van der Waals surface area contributed by atoms with Crippen molar-refractivity contribution in [3.05, 3.63) is 66.3 Å². The fourth-order valence-corrected chi connectivity index (χ4v) is 2.58. The third-order valence-corrected chi connectivity index (χ3v) is 3.59. The smallest absolute Gasteiger partial charge is 0.0931 e. The molecular weight excluding hydrogens is 240 g/mol. The van der Waals surface area contributed by atoms with Gasteiger partial charge in [-0.15, -0.1) is 11.3 Å². The van der Waals surface area contributed by atoms with Crippen LogP contribution in [0.2, 0.25) is 0 Å². The Morgan fingerprint density at radius 3 is 2.61 bits per heavy atom. The maximum Gasteiger partial charge on any atom is 0.0931 e. The third-order valence-electron chi connectivity index (χ3n) is 2.69. The van der Waals surface area contributed by atoms with Crippen molar-refractivity contribution in [2.75, 3.05) is 0 Å². The van der Waals surface area contributed by atoms with Crippen LogP contribution in [0.5, 0.6) is 0 Å². The van der Waals surface area contributed by atoms with Crippen molar-refractivity contribution in [1.29, 1.82) is 0 Å². The van der Waals surface area contributed by atoms with E-state index in [1.165, 1.54) is 10.1 Å². The normalized spacial score (nSPS) is 10.2. The minimum atomic E-state index is 1.03. The summed E-state index contributed by atoms with van der Waals surface area (Å²) >= 11 is 1.79. The summed E-state index contributed by atoms with van der Waals surface area (Å²) in [6.07, 6.45) is 1.70. The molecule has 0 saturated heterocycles. The number of nitrogens with one attached hydrogen (secondary N) is 1. The summed E-state index contributed by atoms with van der Waals surface area (Å²) in [5, 5.41) is 3.47. The highest BCUT2D eigenvalue weighted by molar-refractivity contribution is 7.17. The molecule has 0 atom stereocenters. The second-order valence-electron chi connectivity index (χ2n) is 3.88. The molecule has 2 aromatic heterocycles. The summed E-state index contributed by atoms with van der Waals surface area (Å²) in [4.78, 5) is 7.07. The predicted molar refractivity (Wildman–Crippen MR) is 77.9 cm³/mol. The van der Waals surface area contributed by atoms with Crippen LogP contribution in [-0.2, 0) is 0 Å². The van der Waals surface area contributed by atoms with Gasteiger partial charge in [0, 0.05) is 4.70 Å². The Morgan fingerprint density at radius 2 is 1.72 bits per heavy atom. The molecule has 0 aliphatic heterocycles. The molecule has 0 bridgehead atoms. The molecule has 0 amide bonds. The number of para-hydroxylation sites is 2. The number of benzene rings is 2. The molecule has 2 aromatic carbocycles. The molecule has 0 radical (unpaired) electrons. The van der Waals surface area contributed by atoms with Crippen molar-refractivity contribution in [2.45, 2.75) is 0 Å². The van der Waals surface area contributed by atoms with Crippen LogP contribution >= 0.6 is 11.3 Å². The Bertz CT molecular complexity index is 628. The molecule has 3 heteroatoms. The summed E-state index contributed by atoms with van der Waals surface area (Å²) < 4.78 is 1.37. The Morgan fingerprint density at radius 1 is 0.889 bits per heavy atom. The van der Waals surface area contributed by atoms with Gasteiger partial charge in [-0.3, -0.25) is 0 Å².